The first-order valence-electron chi connectivity index (χ1n) is 10.1. The smallest absolute Gasteiger partial charge is 0.256 e. The van der Waals surface area contributed by atoms with E-state index in [9.17, 15) is 4.79 Å². The maximum atomic E-state index is 15.3. The predicted molar refractivity (Wildman–Crippen MR) is 121 cm³/mol. The normalized spacial score (nSPS) is 11.8. The molecular weight excluding hydrogens is 391 g/mol. The van der Waals surface area contributed by atoms with Crippen molar-refractivity contribution in [2.45, 2.75) is 19.5 Å². The Morgan fingerprint density at radius 3 is 2.65 bits per heavy atom. The van der Waals surface area contributed by atoms with Crippen molar-refractivity contribution in [3.63, 3.8) is 0 Å². The number of carbonyl (C=O) groups is 1. The summed E-state index contributed by atoms with van der Waals surface area (Å²) in [5.41, 5.74) is 3.94. The highest BCUT2D eigenvalue weighted by Gasteiger charge is 2.21. The van der Waals surface area contributed by atoms with Gasteiger partial charge in [-0.3, -0.25) is 9.78 Å². The molecule has 4 rings (SSSR count). The van der Waals surface area contributed by atoms with Gasteiger partial charge in [-0.1, -0.05) is 48.0 Å². The van der Waals surface area contributed by atoms with E-state index in [4.69, 9.17) is 4.74 Å². The second-order valence-corrected chi connectivity index (χ2v) is 7.48. The fourth-order valence-electron chi connectivity index (χ4n) is 3.52. The van der Waals surface area contributed by atoms with Crippen LogP contribution in [0.4, 0.5) is 10.1 Å². The van der Waals surface area contributed by atoms with E-state index in [2.05, 4.69) is 10.3 Å². The number of amides is 1. The molecule has 1 N–H and O–H groups in total. The highest BCUT2D eigenvalue weighted by molar-refractivity contribution is 6.06. The van der Waals surface area contributed by atoms with Crippen molar-refractivity contribution in [3.05, 3.63) is 101 Å². The number of rotatable bonds is 6. The number of carbonyl (C=O) groups excluding carboxylic acids is 1. The number of aromatic nitrogens is 1. The van der Waals surface area contributed by atoms with Crippen LogP contribution in [-0.4, -0.2) is 18.0 Å². The lowest BCUT2D eigenvalue weighted by molar-refractivity contribution is 0.102. The Bertz CT molecular complexity index is 1220. The Kier molecular flexibility index (Phi) is 5.94. The number of nitrogens with zero attached hydrogens (tertiary/aromatic N) is 1. The largest absolute Gasteiger partial charge is 0.497 e. The predicted octanol–water partition coefficient (Wildman–Crippen LogP) is 6.06. The molecular formula is C26H23FN2O2. The Labute approximate surface area is 180 Å². The average molecular weight is 414 g/mol. The number of aryl methyl sites for hydroxylation is 1. The minimum Gasteiger partial charge on any atom is -0.497 e. The summed E-state index contributed by atoms with van der Waals surface area (Å²) in [5.74, 6) is 0.104. The Morgan fingerprint density at radius 2 is 1.87 bits per heavy atom. The van der Waals surface area contributed by atoms with Gasteiger partial charge in [0.2, 0.25) is 0 Å². The molecule has 5 heteroatoms. The molecule has 0 aliphatic carbocycles. The molecule has 3 aromatic carbocycles. The number of hydrogen-bond acceptors (Lipinski definition) is 3. The number of methoxy groups -OCH3 is 1. The minimum absolute atomic E-state index is 0.187. The van der Waals surface area contributed by atoms with Crippen LogP contribution in [0.25, 0.3) is 10.9 Å². The molecule has 4 aromatic rings. The van der Waals surface area contributed by atoms with Crippen LogP contribution < -0.4 is 10.1 Å². The van der Waals surface area contributed by atoms with E-state index < -0.39 is 12.1 Å². The lowest BCUT2D eigenvalue weighted by Gasteiger charge is -2.16. The Balaban J connectivity index is 1.61. The summed E-state index contributed by atoms with van der Waals surface area (Å²) in [7, 11) is 1.52. The number of pyridine rings is 1. The summed E-state index contributed by atoms with van der Waals surface area (Å²) in [6.45, 7) is 1.99. The second kappa shape index (κ2) is 8.96. The van der Waals surface area contributed by atoms with Gasteiger partial charge in [-0.15, -0.1) is 0 Å². The number of ether oxygens (including phenoxy) is 1. The zero-order valence-electron chi connectivity index (χ0n) is 17.4. The number of nitrogens with one attached hydrogen (secondary N) is 1. The Hall–Kier alpha value is -3.73. The van der Waals surface area contributed by atoms with E-state index >= 15 is 4.39 Å². The van der Waals surface area contributed by atoms with Crippen LogP contribution in [0.2, 0.25) is 0 Å². The second-order valence-electron chi connectivity index (χ2n) is 7.48. The molecule has 0 bridgehead atoms. The molecule has 0 radical (unpaired) electrons. The molecule has 1 atom stereocenters. The van der Waals surface area contributed by atoms with Gasteiger partial charge >= 0.3 is 0 Å². The maximum Gasteiger partial charge on any atom is 0.256 e. The molecule has 156 valence electrons. The monoisotopic (exact) mass is 414 g/mol. The van der Waals surface area contributed by atoms with Crippen molar-refractivity contribution in [2.75, 3.05) is 12.4 Å². The molecule has 4 nitrogen and oxygen atoms in total. The molecule has 1 aromatic heterocycles. The summed E-state index contributed by atoms with van der Waals surface area (Å²) in [6.07, 6.45) is 0.562. The van der Waals surface area contributed by atoms with Crippen LogP contribution in [0.3, 0.4) is 0 Å². The SMILES string of the molecule is COc1ccc(C(F)Cc2ccc(C)cc2)c(C(=O)Nc2ccc3cccnc3c2)c1. The van der Waals surface area contributed by atoms with Gasteiger partial charge < -0.3 is 10.1 Å². The lowest BCUT2D eigenvalue weighted by Crippen LogP contribution is -2.16. The van der Waals surface area contributed by atoms with Crippen molar-refractivity contribution >= 4 is 22.5 Å². The lowest BCUT2D eigenvalue weighted by atomic mass is 9.96. The van der Waals surface area contributed by atoms with Gasteiger partial charge in [0.05, 0.1) is 12.6 Å². The molecule has 0 spiro atoms. The molecule has 1 unspecified atom stereocenters. The summed E-state index contributed by atoms with van der Waals surface area (Å²) in [5, 5.41) is 3.84. The molecule has 1 heterocycles. The number of fused-ring (bicyclic) bond motifs is 1. The molecule has 0 saturated heterocycles. The number of anilines is 1. The third kappa shape index (κ3) is 4.72. The van der Waals surface area contributed by atoms with Gasteiger partial charge in [-0.2, -0.15) is 0 Å². The highest BCUT2D eigenvalue weighted by Crippen LogP contribution is 2.29. The van der Waals surface area contributed by atoms with E-state index in [0.29, 0.717) is 17.0 Å². The molecule has 31 heavy (non-hydrogen) atoms. The van der Waals surface area contributed by atoms with Gasteiger partial charge in [-0.25, -0.2) is 4.39 Å². The number of hydrogen-bond donors (Lipinski definition) is 1. The fraction of sp³-hybridized carbons (Fsp3) is 0.154. The topological polar surface area (TPSA) is 51.2 Å². The number of halogens is 1. The van der Waals surface area contributed by atoms with E-state index in [0.717, 1.165) is 22.0 Å². The third-order valence-corrected chi connectivity index (χ3v) is 5.24. The molecule has 0 aliphatic rings. The first kappa shape index (κ1) is 20.5. The average Bonchev–Trinajstić information content (AvgIpc) is 2.80. The van der Waals surface area contributed by atoms with Crippen molar-refractivity contribution in [2.24, 2.45) is 0 Å². The van der Waals surface area contributed by atoms with Crippen LogP contribution in [0.5, 0.6) is 5.75 Å². The maximum absolute atomic E-state index is 15.3. The summed E-state index contributed by atoms with van der Waals surface area (Å²) >= 11 is 0. The van der Waals surface area contributed by atoms with E-state index in [1.807, 2.05) is 49.4 Å². The van der Waals surface area contributed by atoms with E-state index in [-0.39, 0.29) is 12.0 Å². The third-order valence-electron chi connectivity index (χ3n) is 5.24. The van der Waals surface area contributed by atoms with Crippen LogP contribution in [0, 0.1) is 6.92 Å². The number of benzene rings is 3. The highest BCUT2D eigenvalue weighted by atomic mass is 19.1. The number of alkyl halides is 1. The van der Waals surface area contributed by atoms with E-state index in [1.54, 1.807) is 36.5 Å². The van der Waals surface area contributed by atoms with Gasteiger partial charge in [0, 0.05) is 29.3 Å². The van der Waals surface area contributed by atoms with Gasteiger partial charge in [0.25, 0.3) is 5.91 Å². The van der Waals surface area contributed by atoms with Crippen LogP contribution in [0.1, 0.15) is 33.2 Å². The molecule has 0 saturated carbocycles. The standard InChI is InChI=1S/C26H23FN2O2/c1-17-5-7-18(8-6-17)14-24(27)22-12-11-21(31-2)16-23(22)26(30)29-20-10-9-19-4-3-13-28-25(19)15-20/h3-13,15-16,24H,14H2,1-2H3,(H,29,30). The zero-order valence-corrected chi connectivity index (χ0v) is 17.4. The molecule has 1 amide bonds. The van der Waals surface area contributed by atoms with Crippen molar-refractivity contribution in [1.29, 1.82) is 0 Å². The van der Waals surface area contributed by atoms with Crippen LogP contribution in [-0.2, 0) is 6.42 Å². The van der Waals surface area contributed by atoms with Gasteiger partial charge in [0.15, 0.2) is 0 Å². The quantitative estimate of drug-likeness (QED) is 0.417. The van der Waals surface area contributed by atoms with Crippen LogP contribution >= 0.6 is 0 Å². The zero-order chi connectivity index (χ0) is 21.8. The Morgan fingerprint density at radius 1 is 1.06 bits per heavy atom. The summed E-state index contributed by atoms with van der Waals surface area (Å²) in [6, 6.07) is 21.9. The van der Waals surface area contributed by atoms with Gasteiger partial charge in [-0.05, 0) is 48.4 Å². The van der Waals surface area contributed by atoms with Crippen molar-refractivity contribution in [3.8, 4) is 5.75 Å². The van der Waals surface area contributed by atoms with Crippen LogP contribution in [0.15, 0.2) is 79.0 Å². The first-order valence-corrected chi connectivity index (χ1v) is 10.1. The molecule has 0 aliphatic heterocycles. The summed E-state index contributed by atoms with van der Waals surface area (Å²) < 4.78 is 20.6. The van der Waals surface area contributed by atoms with E-state index in [1.165, 1.54) is 7.11 Å². The van der Waals surface area contributed by atoms with Crippen molar-refractivity contribution < 1.29 is 13.9 Å². The summed E-state index contributed by atoms with van der Waals surface area (Å²) in [4.78, 5) is 17.4. The first-order chi connectivity index (χ1) is 15.0. The van der Waals surface area contributed by atoms with Gasteiger partial charge in [0.1, 0.15) is 11.9 Å². The minimum atomic E-state index is -1.33. The molecule has 0 fully saturated rings. The fourth-order valence-corrected chi connectivity index (χ4v) is 3.52. The van der Waals surface area contributed by atoms with Crippen molar-refractivity contribution in [1.82, 2.24) is 4.98 Å².